The standard InChI is InChI=1S/C12H17NO4S/c1-18(15,16)17-9-3-2-4-10-5-7-11(8-6-10)12(13)14/h5-8H,2-4,9H2,1H3,(H2,13,14). The summed E-state index contributed by atoms with van der Waals surface area (Å²) in [5.74, 6) is -0.442. The zero-order chi connectivity index (χ0) is 13.6. The number of amides is 1. The first-order chi connectivity index (χ1) is 8.38. The molecule has 0 fully saturated rings. The maximum absolute atomic E-state index is 10.9. The summed E-state index contributed by atoms with van der Waals surface area (Å²) in [5.41, 5.74) is 6.70. The predicted molar refractivity (Wildman–Crippen MR) is 68.7 cm³/mol. The van der Waals surface area contributed by atoms with Crippen LogP contribution in [0, 0.1) is 0 Å². The Morgan fingerprint density at radius 3 is 2.33 bits per heavy atom. The molecule has 0 radical (unpaired) electrons. The van der Waals surface area contributed by atoms with Gasteiger partial charge in [-0.15, -0.1) is 0 Å². The highest BCUT2D eigenvalue weighted by molar-refractivity contribution is 7.85. The number of primary amides is 1. The van der Waals surface area contributed by atoms with Gasteiger partial charge in [-0.05, 0) is 37.0 Å². The molecule has 0 aliphatic carbocycles. The molecule has 2 N–H and O–H groups in total. The number of nitrogens with two attached hydrogens (primary N) is 1. The van der Waals surface area contributed by atoms with E-state index < -0.39 is 16.0 Å². The maximum Gasteiger partial charge on any atom is 0.264 e. The molecule has 0 atom stereocenters. The predicted octanol–water partition coefficient (Wildman–Crippen LogP) is 1.08. The van der Waals surface area contributed by atoms with Crippen molar-refractivity contribution in [2.24, 2.45) is 5.73 Å². The van der Waals surface area contributed by atoms with E-state index in [1.165, 1.54) is 0 Å². The number of rotatable bonds is 7. The van der Waals surface area contributed by atoms with Gasteiger partial charge >= 0.3 is 0 Å². The lowest BCUT2D eigenvalue weighted by molar-refractivity contribution is 0.100. The van der Waals surface area contributed by atoms with Gasteiger partial charge in [0.25, 0.3) is 10.1 Å². The number of carbonyl (C=O) groups excluding carboxylic acids is 1. The van der Waals surface area contributed by atoms with E-state index in [1.807, 2.05) is 12.1 Å². The van der Waals surface area contributed by atoms with Crippen LogP contribution in [0.25, 0.3) is 0 Å². The van der Waals surface area contributed by atoms with E-state index in [0.29, 0.717) is 12.0 Å². The molecule has 0 unspecified atom stereocenters. The number of hydrogen-bond donors (Lipinski definition) is 1. The number of hydrogen-bond acceptors (Lipinski definition) is 4. The Hall–Kier alpha value is -1.40. The lowest BCUT2D eigenvalue weighted by Gasteiger charge is -2.03. The van der Waals surface area contributed by atoms with E-state index in [0.717, 1.165) is 24.7 Å². The number of benzene rings is 1. The van der Waals surface area contributed by atoms with Gasteiger partial charge in [0, 0.05) is 5.56 Å². The zero-order valence-electron chi connectivity index (χ0n) is 10.3. The Morgan fingerprint density at radius 2 is 1.83 bits per heavy atom. The molecule has 0 aliphatic heterocycles. The van der Waals surface area contributed by atoms with Gasteiger partial charge in [-0.1, -0.05) is 12.1 Å². The first-order valence-corrected chi connectivity index (χ1v) is 7.43. The second-order valence-corrected chi connectivity index (χ2v) is 5.69. The average Bonchev–Trinajstić information content (AvgIpc) is 2.27. The minimum atomic E-state index is -3.34. The van der Waals surface area contributed by atoms with Crippen molar-refractivity contribution in [1.82, 2.24) is 0 Å². The summed E-state index contributed by atoms with van der Waals surface area (Å²) < 4.78 is 26.0. The van der Waals surface area contributed by atoms with Crippen LogP contribution in [0.2, 0.25) is 0 Å². The van der Waals surface area contributed by atoms with Gasteiger partial charge in [0.2, 0.25) is 5.91 Å². The van der Waals surface area contributed by atoms with Crippen LogP contribution in [0.15, 0.2) is 24.3 Å². The molecule has 0 aromatic heterocycles. The second kappa shape index (κ2) is 6.51. The third kappa shape index (κ3) is 5.79. The van der Waals surface area contributed by atoms with Gasteiger partial charge in [0.15, 0.2) is 0 Å². The van der Waals surface area contributed by atoms with Crippen LogP contribution in [0.3, 0.4) is 0 Å². The third-order valence-corrected chi connectivity index (χ3v) is 2.99. The fraction of sp³-hybridized carbons (Fsp3) is 0.417. The van der Waals surface area contributed by atoms with Crippen molar-refractivity contribution in [2.75, 3.05) is 12.9 Å². The van der Waals surface area contributed by atoms with E-state index in [2.05, 4.69) is 4.18 Å². The number of aryl methyl sites for hydroxylation is 1. The SMILES string of the molecule is CS(=O)(=O)OCCCCc1ccc(C(N)=O)cc1. The van der Waals surface area contributed by atoms with Gasteiger partial charge in [-0.3, -0.25) is 8.98 Å². The molecule has 0 saturated heterocycles. The lowest BCUT2D eigenvalue weighted by Crippen LogP contribution is -2.10. The normalized spacial score (nSPS) is 11.4. The molecule has 1 amide bonds. The molecule has 6 heteroatoms. The highest BCUT2D eigenvalue weighted by atomic mass is 32.2. The quantitative estimate of drug-likeness (QED) is 0.594. The van der Waals surface area contributed by atoms with E-state index >= 15 is 0 Å². The summed E-state index contributed by atoms with van der Waals surface area (Å²) in [6.07, 6.45) is 3.35. The molecule has 1 rings (SSSR count). The molecule has 5 nitrogen and oxygen atoms in total. The van der Waals surface area contributed by atoms with Crippen LogP contribution in [0.1, 0.15) is 28.8 Å². The summed E-state index contributed by atoms with van der Waals surface area (Å²) in [4.78, 5) is 10.9. The van der Waals surface area contributed by atoms with Crippen molar-refractivity contribution >= 4 is 16.0 Å². The minimum Gasteiger partial charge on any atom is -0.366 e. The van der Waals surface area contributed by atoms with Crippen molar-refractivity contribution in [3.8, 4) is 0 Å². The van der Waals surface area contributed by atoms with Gasteiger partial charge in [0.1, 0.15) is 0 Å². The minimum absolute atomic E-state index is 0.207. The van der Waals surface area contributed by atoms with Crippen molar-refractivity contribution in [3.05, 3.63) is 35.4 Å². The molecular weight excluding hydrogens is 254 g/mol. The zero-order valence-corrected chi connectivity index (χ0v) is 11.1. The van der Waals surface area contributed by atoms with E-state index in [-0.39, 0.29) is 6.61 Å². The summed E-state index contributed by atoms with van der Waals surface area (Å²) >= 11 is 0. The Morgan fingerprint density at radius 1 is 1.22 bits per heavy atom. The number of unbranched alkanes of at least 4 members (excludes halogenated alkanes) is 1. The molecule has 0 heterocycles. The summed E-state index contributed by atoms with van der Waals surface area (Å²) in [6.45, 7) is 0.207. The highest BCUT2D eigenvalue weighted by Crippen LogP contribution is 2.08. The highest BCUT2D eigenvalue weighted by Gasteiger charge is 2.02. The van der Waals surface area contributed by atoms with Crippen molar-refractivity contribution in [2.45, 2.75) is 19.3 Å². The molecule has 100 valence electrons. The van der Waals surface area contributed by atoms with E-state index in [4.69, 9.17) is 5.73 Å². The van der Waals surface area contributed by atoms with Crippen LogP contribution in [-0.4, -0.2) is 27.2 Å². The molecular formula is C12H17NO4S. The summed E-state index contributed by atoms with van der Waals surface area (Å²) in [7, 11) is -3.34. The fourth-order valence-electron chi connectivity index (χ4n) is 1.48. The molecule has 18 heavy (non-hydrogen) atoms. The van der Waals surface area contributed by atoms with Crippen LogP contribution in [0.4, 0.5) is 0 Å². The molecule has 0 saturated carbocycles. The third-order valence-electron chi connectivity index (χ3n) is 2.40. The van der Waals surface area contributed by atoms with Crippen molar-refractivity contribution in [3.63, 3.8) is 0 Å². The van der Waals surface area contributed by atoms with Crippen LogP contribution < -0.4 is 5.73 Å². The van der Waals surface area contributed by atoms with Crippen LogP contribution in [-0.2, 0) is 20.7 Å². The van der Waals surface area contributed by atoms with Crippen molar-refractivity contribution < 1.29 is 17.4 Å². The van der Waals surface area contributed by atoms with E-state index in [1.54, 1.807) is 12.1 Å². The number of carbonyl (C=O) groups is 1. The summed E-state index contributed by atoms with van der Waals surface area (Å²) in [6, 6.07) is 7.06. The van der Waals surface area contributed by atoms with Gasteiger partial charge in [-0.25, -0.2) is 0 Å². The molecule has 0 bridgehead atoms. The Balaban J connectivity index is 2.29. The Labute approximate surface area is 107 Å². The Bertz CT molecular complexity index is 493. The molecule has 0 spiro atoms. The molecule has 1 aromatic rings. The first kappa shape index (κ1) is 14.7. The Kier molecular flexibility index (Phi) is 5.30. The fourth-order valence-corrected chi connectivity index (χ4v) is 1.90. The molecule has 1 aromatic carbocycles. The summed E-state index contributed by atoms with van der Waals surface area (Å²) in [5, 5.41) is 0. The molecule has 0 aliphatic rings. The van der Waals surface area contributed by atoms with Gasteiger partial charge in [0.05, 0.1) is 12.9 Å². The lowest BCUT2D eigenvalue weighted by atomic mass is 10.1. The average molecular weight is 271 g/mol. The van der Waals surface area contributed by atoms with Crippen LogP contribution in [0.5, 0.6) is 0 Å². The van der Waals surface area contributed by atoms with Crippen molar-refractivity contribution in [1.29, 1.82) is 0 Å². The maximum atomic E-state index is 10.9. The second-order valence-electron chi connectivity index (χ2n) is 4.04. The van der Waals surface area contributed by atoms with Gasteiger partial charge in [-0.2, -0.15) is 8.42 Å². The largest absolute Gasteiger partial charge is 0.366 e. The smallest absolute Gasteiger partial charge is 0.264 e. The van der Waals surface area contributed by atoms with E-state index in [9.17, 15) is 13.2 Å². The first-order valence-electron chi connectivity index (χ1n) is 5.61. The topological polar surface area (TPSA) is 86.5 Å². The van der Waals surface area contributed by atoms with Gasteiger partial charge < -0.3 is 5.73 Å². The van der Waals surface area contributed by atoms with Crippen LogP contribution >= 0.6 is 0 Å². The monoisotopic (exact) mass is 271 g/mol.